The molecule has 5 rings (SSSR count). The largest absolute Gasteiger partial charge is 0.416 e. The fourth-order valence-electron chi connectivity index (χ4n) is 4.59. The van der Waals surface area contributed by atoms with Gasteiger partial charge in [-0.05, 0) is 77.2 Å². The van der Waals surface area contributed by atoms with Crippen molar-refractivity contribution in [3.05, 3.63) is 130 Å². The van der Waals surface area contributed by atoms with Crippen LogP contribution >= 0.6 is 0 Å². The Hall–Kier alpha value is -4.86. The summed E-state index contributed by atoms with van der Waals surface area (Å²) < 4.78 is 78.9. The number of halogens is 6. The van der Waals surface area contributed by atoms with Crippen molar-refractivity contribution >= 4 is 34.3 Å². The van der Waals surface area contributed by atoms with Crippen molar-refractivity contribution in [1.29, 1.82) is 0 Å². The molecule has 0 radical (unpaired) electrons. The van der Waals surface area contributed by atoms with E-state index in [2.05, 4.69) is 0 Å². The number of amides is 2. The molecular weight excluding hydrogens is 546 g/mol. The van der Waals surface area contributed by atoms with Gasteiger partial charge in [-0.2, -0.15) is 26.3 Å². The number of hydrogen-bond acceptors (Lipinski definition) is 3. The highest BCUT2D eigenvalue weighted by molar-refractivity contribution is 6.57. The van der Waals surface area contributed by atoms with E-state index in [0.717, 1.165) is 64.6 Å². The second kappa shape index (κ2) is 10.3. The molecule has 0 saturated heterocycles. The van der Waals surface area contributed by atoms with E-state index in [4.69, 9.17) is 5.73 Å². The number of carbonyl (C=O) groups is 2. The van der Waals surface area contributed by atoms with Crippen LogP contribution in [0.1, 0.15) is 33.4 Å². The molecule has 0 bridgehead atoms. The molecule has 208 valence electrons. The molecule has 2 amide bonds. The number of carbonyl (C=O) groups excluding carboxylic acids is 2. The van der Waals surface area contributed by atoms with E-state index < -0.39 is 35.3 Å². The summed E-state index contributed by atoms with van der Waals surface area (Å²) in [6, 6.07) is 21.2. The van der Waals surface area contributed by atoms with Gasteiger partial charge in [-0.25, -0.2) is 4.90 Å². The van der Waals surface area contributed by atoms with Crippen molar-refractivity contribution in [3.8, 4) is 0 Å². The van der Waals surface area contributed by atoms with Crippen molar-refractivity contribution in [1.82, 2.24) is 0 Å². The highest BCUT2D eigenvalue weighted by atomic mass is 19.4. The smallest absolute Gasteiger partial charge is 0.399 e. The third kappa shape index (κ3) is 5.58. The first kappa shape index (κ1) is 27.7. The summed E-state index contributed by atoms with van der Waals surface area (Å²) in [5.74, 6) is -1.62. The molecule has 0 saturated carbocycles. The van der Waals surface area contributed by atoms with Crippen LogP contribution in [0.25, 0.3) is 11.1 Å². The van der Waals surface area contributed by atoms with Crippen LogP contribution in [0.5, 0.6) is 0 Å². The number of rotatable bonds is 5. The number of imide groups is 1. The molecule has 0 spiro atoms. The lowest BCUT2D eigenvalue weighted by molar-refractivity contribution is -0.138. The number of nitrogens with zero attached hydrogens (tertiary/aromatic N) is 1. The summed E-state index contributed by atoms with van der Waals surface area (Å²) in [6.45, 7) is 0. The molecule has 2 N–H and O–H groups in total. The zero-order chi connectivity index (χ0) is 29.5. The van der Waals surface area contributed by atoms with Gasteiger partial charge in [0, 0.05) is 5.69 Å². The summed E-state index contributed by atoms with van der Waals surface area (Å²) in [7, 11) is 0. The second-order valence-corrected chi connectivity index (χ2v) is 9.43. The maximum Gasteiger partial charge on any atom is 0.416 e. The zero-order valence-corrected chi connectivity index (χ0v) is 21.1. The molecule has 0 atom stereocenters. The van der Waals surface area contributed by atoms with E-state index >= 15 is 0 Å². The van der Waals surface area contributed by atoms with E-state index in [1.807, 2.05) is 12.1 Å². The molecule has 10 heteroatoms. The summed E-state index contributed by atoms with van der Waals surface area (Å²) in [5.41, 5.74) is 6.10. The number of hydrogen-bond donors (Lipinski definition) is 1. The minimum absolute atomic E-state index is 0.0220. The molecular formula is C31H20F6N2O2. The van der Waals surface area contributed by atoms with Gasteiger partial charge in [-0.15, -0.1) is 0 Å². The highest BCUT2D eigenvalue weighted by Gasteiger charge is 2.41. The minimum Gasteiger partial charge on any atom is -0.399 e. The lowest BCUT2D eigenvalue weighted by atomic mass is 9.95. The minimum atomic E-state index is -4.63. The van der Waals surface area contributed by atoms with E-state index in [0.29, 0.717) is 12.1 Å². The first-order chi connectivity index (χ1) is 19.3. The lowest BCUT2D eigenvalue weighted by Crippen LogP contribution is -2.31. The zero-order valence-electron chi connectivity index (χ0n) is 21.1. The quantitative estimate of drug-likeness (QED) is 0.156. The summed E-state index contributed by atoms with van der Waals surface area (Å²) in [5, 5.41) is 0. The molecule has 0 unspecified atom stereocenters. The normalized spacial score (nSPS) is 14.2. The van der Waals surface area contributed by atoms with Gasteiger partial charge in [-0.3, -0.25) is 9.59 Å². The second-order valence-electron chi connectivity index (χ2n) is 9.43. The predicted octanol–water partition coefficient (Wildman–Crippen LogP) is 7.38. The molecule has 4 nitrogen and oxygen atoms in total. The predicted molar refractivity (Wildman–Crippen MR) is 142 cm³/mol. The van der Waals surface area contributed by atoms with Crippen LogP contribution in [0.15, 0.2) is 97.1 Å². The molecule has 1 heterocycles. The molecule has 1 aliphatic rings. The van der Waals surface area contributed by atoms with E-state index in [1.165, 1.54) is 0 Å². The van der Waals surface area contributed by atoms with E-state index in [1.54, 1.807) is 36.4 Å². The van der Waals surface area contributed by atoms with Gasteiger partial charge in [0.1, 0.15) is 0 Å². The standard InChI is InChI=1S/C31H20F6N2O2/c32-30(33,34)22-9-5-20(6-10-22)26-27(21-7-11-23(12-8-21)31(35,36)37)29(41)39(28(26)40)25-15-3-19(4-16-25)17-18-1-13-24(38)14-2-18/h1-16H,17,38H2. The summed E-state index contributed by atoms with van der Waals surface area (Å²) >= 11 is 0. The van der Waals surface area contributed by atoms with Crippen molar-refractivity contribution in [2.24, 2.45) is 0 Å². The van der Waals surface area contributed by atoms with Crippen LogP contribution in [-0.2, 0) is 28.4 Å². The van der Waals surface area contributed by atoms with Gasteiger partial charge in [0.2, 0.25) is 0 Å². The maximum absolute atomic E-state index is 13.6. The highest BCUT2D eigenvalue weighted by Crippen LogP contribution is 2.40. The van der Waals surface area contributed by atoms with Crippen molar-refractivity contribution in [2.45, 2.75) is 18.8 Å². The molecule has 1 aliphatic heterocycles. The van der Waals surface area contributed by atoms with Crippen molar-refractivity contribution in [2.75, 3.05) is 10.6 Å². The Bertz CT molecular complexity index is 1560. The molecule has 0 fully saturated rings. The average Bonchev–Trinajstić information content (AvgIpc) is 3.19. The van der Waals surface area contributed by atoms with Crippen molar-refractivity contribution < 1.29 is 35.9 Å². The first-order valence-electron chi connectivity index (χ1n) is 12.2. The Kier molecular flexibility index (Phi) is 6.94. The maximum atomic E-state index is 13.6. The Morgan fingerprint density at radius 2 is 0.902 bits per heavy atom. The topological polar surface area (TPSA) is 63.4 Å². The molecule has 41 heavy (non-hydrogen) atoms. The van der Waals surface area contributed by atoms with Crippen LogP contribution in [0.4, 0.5) is 37.7 Å². The fraction of sp³-hybridized carbons (Fsp3) is 0.0968. The van der Waals surface area contributed by atoms with Crippen LogP contribution in [-0.4, -0.2) is 11.8 Å². The Labute approximate surface area is 230 Å². The van der Waals surface area contributed by atoms with Gasteiger partial charge in [0.25, 0.3) is 11.8 Å². The Morgan fingerprint density at radius 1 is 0.537 bits per heavy atom. The number of alkyl halides is 6. The van der Waals surface area contributed by atoms with E-state index in [9.17, 15) is 35.9 Å². The van der Waals surface area contributed by atoms with Crippen molar-refractivity contribution in [3.63, 3.8) is 0 Å². The number of nitrogen functional groups attached to an aromatic ring is 1. The number of anilines is 2. The summed E-state index contributed by atoms with van der Waals surface area (Å²) in [6.07, 6.45) is -8.70. The molecule has 0 aromatic heterocycles. The average molecular weight is 567 g/mol. The van der Waals surface area contributed by atoms with Crippen LogP contribution in [0, 0.1) is 0 Å². The third-order valence-electron chi connectivity index (χ3n) is 6.67. The third-order valence-corrected chi connectivity index (χ3v) is 6.67. The summed E-state index contributed by atoms with van der Waals surface area (Å²) in [4.78, 5) is 28.2. The van der Waals surface area contributed by atoms with Crippen LogP contribution < -0.4 is 10.6 Å². The Balaban J connectivity index is 1.53. The Morgan fingerprint density at radius 3 is 1.27 bits per heavy atom. The van der Waals surface area contributed by atoms with Gasteiger partial charge < -0.3 is 5.73 Å². The van der Waals surface area contributed by atoms with E-state index in [-0.39, 0.29) is 28.0 Å². The molecule has 0 aliphatic carbocycles. The van der Waals surface area contributed by atoms with Crippen LogP contribution in [0.3, 0.4) is 0 Å². The molecule has 4 aromatic carbocycles. The number of nitrogens with two attached hydrogens (primary N) is 1. The van der Waals surface area contributed by atoms with Gasteiger partial charge >= 0.3 is 12.4 Å². The molecule has 4 aromatic rings. The monoisotopic (exact) mass is 566 g/mol. The SMILES string of the molecule is Nc1ccc(Cc2ccc(N3C(=O)C(c4ccc(C(F)(F)F)cc4)=C(c4ccc(C(F)(F)F)cc4)C3=O)cc2)cc1. The van der Waals surface area contributed by atoms with Gasteiger partial charge in [0.15, 0.2) is 0 Å². The fourth-order valence-corrected chi connectivity index (χ4v) is 4.59. The van der Waals surface area contributed by atoms with Gasteiger partial charge in [0.05, 0.1) is 28.0 Å². The first-order valence-corrected chi connectivity index (χ1v) is 12.2. The number of benzene rings is 4. The van der Waals surface area contributed by atoms with Gasteiger partial charge in [-0.1, -0.05) is 48.5 Å². The van der Waals surface area contributed by atoms with Crippen LogP contribution in [0.2, 0.25) is 0 Å². The lowest BCUT2D eigenvalue weighted by Gasteiger charge is -2.16.